The fourth-order valence-electron chi connectivity index (χ4n) is 1.83. The summed E-state index contributed by atoms with van der Waals surface area (Å²) in [6.45, 7) is 4.35. The summed E-state index contributed by atoms with van der Waals surface area (Å²) in [6.07, 6.45) is 0. The number of hydrogen-bond acceptors (Lipinski definition) is 6. The van der Waals surface area contributed by atoms with Gasteiger partial charge in [0.05, 0.1) is 10.6 Å². The molecule has 0 aliphatic carbocycles. The van der Waals surface area contributed by atoms with Gasteiger partial charge in [0.2, 0.25) is 0 Å². The molecular weight excluding hydrogens is 324 g/mol. The lowest BCUT2D eigenvalue weighted by Crippen LogP contribution is -2.17. The summed E-state index contributed by atoms with van der Waals surface area (Å²) >= 11 is 1.14. The number of anilines is 1. The second kappa shape index (κ2) is 5.98. The molecule has 6 nitrogen and oxygen atoms in total. The number of benzene rings is 1. The second-order valence-corrected chi connectivity index (χ2v) is 7.23. The Labute approximate surface area is 132 Å². The predicted molar refractivity (Wildman–Crippen MR) is 84.1 cm³/mol. The molecule has 0 bridgehead atoms. The number of thiazole rings is 1. The van der Waals surface area contributed by atoms with Gasteiger partial charge in [-0.3, -0.25) is 14.3 Å². The summed E-state index contributed by atoms with van der Waals surface area (Å²) in [6, 6.07) is 3.99. The van der Waals surface area contributed by atoms with Gasteiger partial charge in [-0.25, -0.2) is 13.4 Å². The first kappa shape index (κ1) is 16.3. The fraction of sp³-hybridized carbons (Fsp3) is 0.214. The van der Waals surface area contributed by atoms with Crippen LogP contribution in [-0.4, -0.2) is 25.0 Å². The third-order valence-electron chi connectivity index (χ3n) is 2.90. The molecule has 1 aromatic carbocycles. The number of hydrogen-bond donors (Lipinski definition) is 1. The Morgan fingerprint density at radius 2 is 1.86 bits per heavy atom. The lowest BCUT2D eigenvalue weighted by Gasteiger charge is -2.10. The Hall–Kier alpha value is -2.06. The van der Waals surface area contributed by atoms with E-state index in [0.717, 1.165) is 11.3 Å². The Kier molecular flexibility index (Phi) is 4.43. The molecule has 2 rings (SSSR count). The maximum atomic E-state index is 12.5. The molecule has 8 heteroatoms. The maximum Gasteiger partial charge on any atom is 0.264 e. The number of Topliss-reactive ketones (excluding diaryl/α,β-unsaturated/α-hetero) is 2. The van der Waals surface area contributed by atoms with Crippen molar-refractivity contribution < 1.29 is 18.0 Å². The highest BCUT2D eigenvalue weighted by Crippen LogP contribution is 2.24. The molecule has 0 fully saturated rings. The average molecular weight is 338 g/mol. The van der Waals surface area contributed by atoms with Gasteiger partial charge < -0.3 is 0 Å². The topological polar surface area (TPSA) is 93.2 Å². The number of aromatic nitrogens is 1. The Morgan fingerprint density at radius 3 is 2.36 bits per heavy atom. The first-order chi connectivity index (χ1) is 10.2. The maximum absolute atomic E-state index is 12.5. The Morgan fingerprint density at radius 1 is 1.18 bits per heavy atom. The van der Waals surface area contributed by atoms with Gasteiger partial charge in [0.1, 0.15) is 0 Å². The van der Waals surface area contributed by atoms with Gasteiger partial charge in [-0.15, -0.1) is 11.3 Å². The molecule has 0 atom stereocenters. The number of nitrogens with zero attached hydrogens (tertiary/aromatic N) is 1. The van der Waals surface area contributed by atoms with Crippen LogP contribution in [0.15, 0.2) is 28.5 Å². The lowest BCUT2D eigenvalue weighted by molar-refractivity contribution is 0.0999. The first-order valence-electron chi connectivity index (χ1n) is 6.31. The molecular formula is C14H14N2O4S2. The van der Waals surface area contributed by atoms with E-state index in [4.69, 9.17) is 0 Å². The molecule has 1 aromatic heterocycles. The van der Waals surface area contributed by atoms with Crippen LogP contribution in [0.1, 0.15) is 40.3 Å². The van der Waals surface area contributed by atoms with Crippen LogP contribution in [0.25, 0.3) is 0 Å². The second-order valence-electron chi connectivity index (χ2n) is 4.72. The summed E-state index contributed by atoms with van der Waals surface area (Å²) in [7, 11) is -4.01. The third kappa shape index (κ3) is 3.40. The van der Waals surface area contributed by atoms with Crippen LogP contribution < -0.4 is 4.72 Å². The molecule has 0 aliphatic rings. The van der Waals surface area contributed by atoms with Crippen LogP contribution in [0.4, 0.5) is 5.13 Å². The summed E-state index contributed by atoms with van der Waals surface area (Å²) in [5, 5.41) is 1.91. The standard InChI is InChI=1S/C14H14N2O4S2/c1-8-7-21-14(15-8)16-22(19,20)13-6-11(9(2)17)4-5-12(13)10(3)18/h4-7H,1-3H3,(H,15,16). The molecule has 1 N–H and O–H groups in total. The summed E-state index contributed by atoms with van der Waals surface area (Å²) in [4.78, 5) is 26.9. The zero-order chi connectivity index (χ0) is 16.5. The van der Waals surface area contributed by atoms with Crippen molar-refractivity contribution in [1.82, 2.24) is 4.98 Å². The van der Waals surface area contributed by atoms with Crippen molar-refractivity contribution in [1.29, 1.82) is 0 Å². The van der Waals surface area contributed by atoms with Crippen molar-refractivity contribution in [2.45, 2.75) is 25.7 Å². The Bertz CT molecular complexity index is 853. The van der Waals surface area contributed by atoms with Crippen LogP contribution in [0.3, 0.4) is 0 Å². The van der Waals surface area contributed by atoms with E-state index < -0.39 is 15.8 Å². The van der Waals surface area contributed by atoms with Crippen molar-refractivity contribution in [3.8, 4) is 0 Å². The number of sulfonamides is 1. The van der Waals surface area contributed by atoms with Crippen molar-refractivity contribution in [3.05, 3.63) is 40.4 Å². The predicted octanol–water partition coefficient (Wildman–Crippen LogP) is 2.66. The molecule has 22 heavy (non-hydrogen) atoms. The number of ketones is 2. The van der Waals surface area contributed by atoms with Crippen LogP contribution in [0.5, 0.6) is 0 Å². The molecule has 1 heterocycles. The minimum absolute atomic E-state index is 0.0331. The largest absolute Gasteiger partial charge is 0.295 e. The van der Waals surface area contributed by atoms with E-state index in [2.05, 4.69) is 9.71 Å². The highest BCUT2D eigenvalue weighted by molar-refractivity contribution is 7.93. The quantitative estimate of drug-likeness (QED) is 0.846. The average Bonchev–Trinajstić information content (AvgIpc) is 2.82. The van der Waals surface area contributed by atoms with E-state index in [1.54, 1.807) is 12.3 Å². The molecule has 0 unspecified atom stereocenters. The van der Waals surface area contributed by atoms with Crippen LogP contribution in [-0.2, 0) is 10.0 Å². The zero-order valence-electron chi connectivity index (χ0n) is 12.2. The van der Waals surface area contributed by atoms with Crippen LogP contribution in [0.2, 0.25) is 0 Å². The minimum Gasteiger partial charge on any atom is -0.295 e. The molecule has 116 valence electrons. The zero-order valence-corrected chi connectivity index (χ0v) is 13.8. The summed E-state index contributed by atoms with van der Waals surface area (Å²) < 4.78 is 27.3. The van der Waals surface area contributed by atoms with E-state index in [1.807, 2.05) is 0 Å². The van der Waals surface area contributed by atoms with Gasteiger partial charge in [-0.2, -0.15) is 0 Å². The normalized spacial score (nSPS) is 11.2. The van der Waals surface area contributed by atoms with E-state index >= 15 is 0 Å². The SMILES string of the molecule is CC(=O)c1ccc(C(C)=O)c(S(=O)(=O)Nc2nc(C)cs2)c1. The van der Waals surface area contributed by atoms with Crippen molar-refractivity contribution in [3.63, 3.8) is 0 Å². The molecule has 2 aromatic rings. The van der Waals surface area contributed by atoms with Crippen LogP contribution >= 0.6 is 11.3 Å². The number of nitrogens with one attached hydrogen (secondary N) is 1. The molecule has 0 radical (unpaired) electrons. The fourth-order valence-corrected chi connectivity index (χ4v) is 4.05. The molecule has 0 saturated heterocycles. The summed E-state index contributed by atoms with van der Waals surface area (Å²) in [5.41, 5.74) is 0.943. The summed E-state index contributed by atoms with van der Waals surface area (Å²) in [5.74, 6) is -0.678. The first-order valence-corrected chi connectivity index (χ1v) is 8.68. The van der Waals surface area contributed by atoms with Gasteiger partial charge in [0.15, 0.2) is 16.7 Å². The molecule has 0 aliphatic heterocycles. The molecule has 0 saturated carbocycles. The van der Waals surface area contributed by atoms with E-state index in [9.17, 15) is 18.0 Å². The lowest BCUT2D eigenvalue weighted by atomic mass is 10.1. The van der Waals surface area contributed by atoms with Gasteiger partial charge in [0.25, 0.3) is 10.0 Å². The number of carbonyl (C=O) groups is 2. The van der Waals surface area contributed by atoms with E-state index in [-0.39, 0.29) is 26.9 Å². The number of carbonyl (C=O) groups excluding carboxylic acids is 2. The minimum atomic E-state index is -4.01. The smallest absolute Gasteiger partial charge is 0.264 e. The van der Waals surface area contributed by atoms with Crippen molar-refractivity contribution in [2.24, 2.45) is 0 Å². The van der Waals surface area contributed by atoms with Gasteiger partial charge in [-0.05, 0) is 32.9 Å². The highest BCUT2D eigenvalue weighted by Gasteiger charge is 2.23. The number of rotatable bonds is 5. The van der Waals surface area contributed by atoms with Crippen molar-refractivity contribution >= 4 is 38.1 Å². The van der Waals surface area contributed by atoms with Gasteiger partial charge >= 0.3 is 0 Å². The van der Waals surface area contributed by atoms with Crippen molar-refractivity contribution in [2.75, 3.05) is 4.72 Å². The Balaban J connectivity index is 2.54. The highest BCUT2D eigenvalue weighted by atomic mass is 32.2. The molecule has 0 amide bonds. The third-order valence-corrected chi connectivity index (χ3v) is 5.28. The monoisotopic (exact) mass is 338 g/mol. The number of aryl methyl sites for hydroxylation is 1. The van der Waals surface area contributed by atoms with Gasteiger partial charge in [-0.1, -0.05) is 6.07 Å². The van der Waals surface area contributed by atoms with Gasteiger partial charge in [0, 0.05) is 16.5 Å². The van der Waals surface area contributed by atoms with Crippen LogP contribution in [0, 0.1) is 6.92 Å². The molecule has 0 spiro atoms. The van der Waals surface area contributed by atoms with E-state index in [1.165, 1.54) is 32.0 Å². The van der Waals surface area contributed by atoms with E-state index in [0.29, 0.717) is 5.69 Å².